The minimum Gasteiger partial charge on any atom is -0.388 e. The summed E-state index contributed by atoms with van der Waals surface area (Å²) in [5.41, 5.74) is 5.76. The van der Waals surface area contributed by atoms with E-state index < -0.39 is 5.60 Å². The van der Waals surface area contributed by atoms with E-state index in [1.807, 2.05) is 0 Å². The molecule has 0 aromatic heterocycles. The maximum absolute atomic E-state index is 12.9. The Morgan fingerprint density at radius 3 is 2.32 bits per heavy atom. The van der Waals surface area contributed by atoms with Crippen LogP contribution in [0.2, 0.25) is 0 Å². The standard InChI is InChI=1S/C14H22FN3O/c1-14(19,10-16)11-17-6-8-18(9-7-17)13-4-2-12(15)3-5-13/h2-5,19H,6-11,16H2,1H3. The molecule has 0 aliphatic carbocycles. The third-order valence-corrected chi connectivity index (χ3v) is 3.57. The molecule has 1 aromatic rings. The van der Waals surface area contributed by atoms with Crippen LogP contribution in [0.3, 0.4) is 0 Å². The second-order valence-corrected chi connectivity index (χ2v) is 5.44. The van der Waals surface area contributed by atoms with E-state index in [4.69, 9.17) is 5.73 Å². The van der Waals surface area contributed by atoms with E-state index >= 15 is 0 Å². The van der Waals surface area contributed by atoms with Gasteiger partial charge in [0, 0.05) is 45.0 Å². The Balaban J connectivity index is 1.87. The van der Waals surface area contributed by atoms with Crippen molar-refractivity contribution in [3.8, 4) is 0 Å². The molecule has 1 unspecified atom stereocenters. The van der Waals surface area contributed by atoms with Crippen LogP contribution in [0.4, 0.5) is 10.1 Å². The number of benzene rings is 1. The number of halogens is 1. The number of aliphatic hydroxyl groups is 1. The molecule has 1 saturated heterocycles. The van der Waals surface area contributed by atoms with Crippen LogP contribution in [-0.2, 0) is 0 Å². The zero-order chi connectivity index (χ0) is 13.9. The topological polar surface area (TPSA) is 52.7 Å². The molecule has 1 aliphatic heterocycles. The molecule has 1 heterocycles. The first kappa shape index (κ1) is 14.2. The Kier molecular flexibility index (Phi) is 4.39. The Labute approximate surface area is 113 Å². The zero-order valence-electron chi connectivity index (χ0n) is 11.3. The lowest BCUT2D eigenvalue weighted by atomic mass is 10.1. The molecule has 5 heteroatoms. The van der Waals surface area contributed by atoms with Gasteiger partial charge in [-0.25, -0.2) is 4.39 Å². The fourth-order valence-corrected chi connectivity index (χ4v) is 2.36. The fraction of sp³-hybridized carbons (Fsp3) is 0.571. The number of hydrogen-bond acceptors (Lipinski definition) is 4. The minimum absolute atomic E-state index is 0.207. The van der Waals surface area contributed by atoms with E-state index in [2.05, 4.69) is 9.80 Å². The molecule has 0 saturated carbocycles. The molecule has 0 amide bonds. The number of piperazine rings is 1. The van der Waals surface area contributed by atoms with Crippen molar-refractivity contribution in [2.24, 2.45) is 5.73 Å². The van der Waals surface area contributed by atoms with Crippen LogP contribution in [0.5, 0.6) is 0 Å². The highest BCUT2D eigenvalue weighted by molar-refractivity contribution is 5.46. The predicted octanol–water partition coefficient (Wildman–Crippen LogP) is 0.657. The smallest absolute Gasteiger partial charge is 0.123 e. The molecule has 1 atom stereocenters. The monoisotopic (exact) mass is 267 g/mol. The van der Waals surface area contributed by atoms with E-state index in [-0.39, 0.29) is 12.4 Å². The van der Waals surface area contributed by atoms with Crippen molar-refractivity contribution in [3.63, 3.8) is 0 Å². The first-order valence-corrected chi connectivity index (χ1v) is 6.65. The summed E-state index contributed by atoms with van der Waals surface area (Å²) in [6, 6.07) is 6.59. The molecule has 0 radical (unpaired) electrons. The highest BCUT2D eigenvalue weighted by atomic mass is 19.1. The number of nitrogens with two attached hydrogens (primary N) is 1. The first-order valence-electron chi connectivity index (χ1n) is 6.65. The van der Waals surface area contributed by atoms with Gasteiger partial charge < -0.3 is 15.7 Å². The SMILES string of the molecule is CC(O)(CN)CN1CCN(c2ccc(F)cc2)CC1. The third kappa shape index (κ3) is 3.89. The molecular formula is C14H22FN3O. The number of rotatable bonds is 4. The summed E-state index contributed by atoms with van der Waals surface area (Å²) in [7, 11) is 0. The quantitative estimate of drug-likeness (QED) is 0.841. The summed E-state index contributed by atoms with van der Waals surface area (Å²) < 4.78 is 12.9. The Morgan fingerprint density at radius 1 is 1.21 bits per heavy atom. The Morgan fingerprint density at radius 2 is 1.79 bits per heavy atom. The van der Waals surface area contributed by atoms with Crippen LogP contribution in [-0.4, -0.2) is 54.9 Å². The molecule has 0 bridgehead atoms. The van der Waals surface area contributed by atoms with Gasteiger partial charge in [-0.2, -0.15) is 0 Å². The number of β-amino-alcohol motifs (C(OH)–C–C–N with tert-alkyl or cyclic N) is 1. The van der Waals surface area contributed by atoms with Gasteiger partial charge in [-0.15, -0.1) is 0 Å². The van der Waals surface area contributed by atoms with Gasteiger partial charge in [-0.1, -0.05) is 0 Å². The van der Waals surface area contributed by atoms with Crippen LogP contribution in [0.15, 0.2) is 24.3 Å². The second-order valence-electron chi connectivity index (χ2n) is 5.44. The molecule has 106 valence electrons. The summed E-state index contributed by atoms with van der Waals surface area (Å²) in [5.74, 6) is -0.207. The second kappa shape index (κ2) is 5.86. The van der Waals surface area contributed by atoms with Crippen molar-refractivity contribution in [3.05, 3.63) is 30.1 Å². The van der Waals surface area contributed by atoms with Gasteiger partial charge in [-0.05, 0) is 31.2 Å². The van der Waals surface area contributed by atoms with E-state index in [9.17, 15) is 9.50 Å². The van der Waals surface area contributed by atoms with Gasteiger partial charge in [-0.3, -0.25) is 4.90 Å². The predicted molar refractivity (Wildman–Crippen MR) is 74.7 cm³/mol. The summed E-state index contributed by atoms with van der Waals surface area (Å²) in [5, 5.41) is 9.97. The maximum Gasteiger partial charge on any atom is 0.123 e. The van der Waals surface area contributed by atoms with Gasteiger partial charge in [0.25, 0.3) is 0 Å². The third-order valence-electron chi connectivity index (χ3n) is 3.57. The van der Waals surface area contributed by atoms with Crippen molar-refractivity contribution >= 4 is 5.69 Å². The molecule has 1 fully saturated rings. The molecule has 2 rings (SSSR count). The van der Waals surface area contributed by atoms with Gasteiger partial charge in [0.1, 0.15) is 5.82 Å². The van der Waals surface area contributed by atoms with E-state index in [0.717, 1.165) is 31.9 Å². The van der Waals surface area contributed by atoms with Crippen LogP contribution in [0.25, 0.3) is 0 Å². The van der Waals surface area contributed by atoms with E-state index in [1.54, 1.807) is 19.1 Å². The fourth-order valence-electron chi connectivity index (χ4n) is 2.36. The zero-order valence-corrected chi connectivity index (χ0v) is 11.3. The summed E-state index contributed by atoms with van der Waals surface area (Å²) in [6.45, 7) is 6.16. The lowest BCUT2D eigenvalue weighted by molar-refractivity contribution is 0.0257. The highest BCUT2D eigenvalue weighted by Gasteiger charge is 2.25. The van der Waals surface area contributed by atoms with Crippen LogP contribution < -0.4 is 10.6 Å². The first-order chi connectivity index (χ1) is 9.00. The van der Waals surface area contributed by atoms with Gasteiger partial charge in [0.05, 0.1) is 5.60 Å². The number of hydrogen-bond donors (Lipinski definition) is 2. The van der Waals surface area contributed by atoms with Crippen LogP contribution >= 0.6 is 0 Å². The Bertz CT molecular complexity index is 400. The van der Waals surface area contributed by atoms with Gasteiger partial charge in [0.15, 0.2) is 0 Å². The minimum atomic E-state index is -0.821. The lowest BCUT2D eigenvalue weighted by Gasteiger charge is -2.38. The molecular weight excluding hydrogens is 245 g/mol. The molecule has 1 aromatic carbocycles. The normalized spacial score (nSPS) is 20.3. The van der Waals surface area contributed by atoms with Crippen LogP contribution in [0.1, 0.15) is 6.92 Å². The molecule has 3 N–H and O–H groups in total. The van der Waals surface area contributed by atoms with Crippen molar-refractivity contribution < 1.29 is 9.50 Å². The average molecular weight is 267 g/mol. The van der Waals surface area contributed by atoms with Crippen molar-refractivity contribution in [2.45, 2.75) is 12.5 Å². The van der Waals surface area contributed by atoms with E-state index in [0.29, 0.717) is 6.54 Å². The summed E-state index contributed by atoms with van der Waals surface area (Å²) in [6.07, 6.45) is 0. The van der Waals surface area contributed by atoms with Crippen LogP contribution in [0, 0.1) is 5.82 Å². The van der Waals surface area contributed by atoms with Gasteiger partial charge >= 0.3 is 0 Å². The van der Waals surface area contributed by atoms with E-state index in [1.165, 1.54) is 12.1 Å². The number of nitrogens with zero attached hydrogens (tertiary/aromatic N) is 2. The summed E-state index contributed by atoms with van der Waals surface area (Å²) >= 11 is 0. The summed E-state index contributed by atoms with van der Waals surface area (Å²) in [4.78, 5) is 4.44. The van der Waals surface area contributed by atoms with Gasteiger partial charge in [0.2, 0.25) is 0 Å². The maximum atomic E-state index is 12.9. The molecule has 19 heavy (non-hydrogen) atoms. The average Bonchev–Trinajstić information content (AvgIpc) is 2.40. The van der Waals surface area contributed by atoms with Crippen molar-refractivity contribution in [2.75, 3.05) is 44.2 Å². The van der Waals surface area contributed by atoms with Crippen molar-refractivity contribution in [1.29, 1.82) is 0 Å². The molecule has 1 aliphatic rings. The lowest BCUT2D eigenvalue weighted by Crippen LogP contribution is -2.53. The van der Waals surface area contributed by atoms with Crippen molar-refractivity contribution in [1.82, 2.24) is 4.90 Å². The largest absolute Gasteiger partial charge is 0.388 e. The molecule has 0 spiro atoms. The number of anilines is 1. The highest BCUT2D eigenvalue weighted by Crippen LogP contribution is 2.17. The Hall–Kier alpha value is -1.17. The molecule has 4 nitrogen and oxygen atoms in total.